The van der Waals surface area contributed by atoms with Crippen molar-refractivity contribution in [3.05, 3.63) is 57.9 Å². The molecule has 4 rings (SSSR count). The third kappa shape index (κ3) is 10.3. The van der Waals surface area contributed by atoms with Crippen LogP contribution in [0.4, 0.5) is 4.39 Å². The highest BCUT2D eigenvalue weighted by molar-refractivity contribution is 6.35. The molecule has 1 N–H and O–H groups in total. The summed E-state index contributed by atoms with van der Waals surface area (Å²) in [7, 11) is 1.90. The minimum absolute atomic E-state index is 0.00980. The molecular weight excluding hydrogens is 592 g/mol. The van der Waals surface area contributed by atoms with E-state index in [1.54, 1.807) is 31.0 Å². The Hall–Kier alpha value is -3.05. The molecule has 0 spiro atoms. The van der Waals surface area contributed by atoms with E-state index in [1.165, 1.54) is 0 Å². The van der Waals surface area contributed by atoms with Crippen LogP contribution >= 0.6 is 23.2 Å². The average Bonchev–Trinajstić information content (AvgIpc) is 3.12. The van der Waals surface area contributed by atoms with Gasteiger partial charge < -0.3 is 19.9 Å². The minimum atomic E-state index is -1.01. The third-order valence-corrected chi connectivity index (χ3v) is 7.94. The summed E-state index contributed by atoms with van der Waals surface area (Å²) in [6.07, 6.45) is 2.58. The Morgan fingerprint density at radius 3 is 2.51 bits per heavy atom. The fraction of sp³-hybridized carbons (Fsp3) is 0.484. The number of carbonyl (C=O) groups excluding carboxylic acids is 1. The van der Waals surface area contributed by atoms with Crippen molar-refractivity contribution in [2.45, 2.75) is 39.4 Å². The number of nitrogens with zero attached hydrogens (tertiary/aromatic N) is 6. The standard InChI is InChI=1S/C31H40Cl2FN7O2/c1-21(16-37-31(35-3)41-10-9-39(4)19-28(34)20-41)43-30-12-24(11-29(38-30)25-13-26(32)15-27(33)14-25)18-40-7-5-23(6-8-40)17-36-22(2)42/h11-16,23,28H,3,5-10,17-20H2,1-2,4H3,(H,36,42)/b21-16+,37-31+. The van der Waals surface area contributed by atoms with Gasteiger partial charge in [-0.2, -0.15) is 0 Å². The molecule has 1 atom stereocenters. The number of pyridine rings is 1. The summed E-state index contributed by atoms with van der Waals surface area (Å²) in [6.45, 7) is 12.1. The predicted molar refractivity (Wildman–Crippen MR) is 172 cm³/mol. The number of allylic oxidation sites excluding steroid dienone is 1. The molecule has 2 aliphatic heterocycles. The van der Waals surface area contributed by atoms with Crippen LogP contribution in [0.1, 0.15) is 32.3 Å². The number of aliphatic imine (C=N–C) groups is 2. The quantitative estimate of drug-likeness (QED) is 0.242. The largest absolute Gasteiger partial charge is 0.442 e. The van der Waals surface area contributed by atoms with Crippen LogP contribution in [0, 0.1) is 5.92 Å². The van der Waals surface area contributed by atoms with E-state index in [-0.39, 0.29) is 12.5 Å². The monoisotopic (exact) mass is 631 g/mol. The maximum Gasteiger partial charge on any atom is 0.224 e. The number of amides is 1. The highest BCUT2D eigenvalue weighted by Gasteiger charge is 2.23. The molecule has 232 valence electrons. The molecule has 1 aromatic carbocycles. The van der Waals surface area contributed by atoms with E-state index in [0.717, 1.165) is 43.6 Å². The maximum absolute atomic E-state index is 14.4. The number of hydrogen-bond acceptors (Lipinski definition) is 6. The van der Waals surface area contributed by atoms with Gasteiger partial charge >= 0.3 is 0 Å². The minimum Gasteiger partial charge on any atom is -0.442 e. The fourth-order valence-corrected chi connectivity index (χ4v) is 5.83. The van der Waals surface area contributed by atoms with Crippen LogP contribution in [-0.4, -0.2) is 97.3 Å². The van der Waals surface area contributed by atoms with Gasteiger partial charge in [-0.25, -0.2) is 19.4 Å². The Bertz CT molecular complexity index is 1330. The summed E-state index contributed by atoms with van der Waals surface area (Å²) >= 11 is 12.6. The number of rotatable bonds is 8. The van der Waals surface area contributed by atoms with E-state index in [0.29, 0.717) is 65.4 Å². The number of hydrogen-bond donors (Lipinski definition) is 1. The van der Waals surface area contributed by atoms with Crippen LogP contribution in [0.25, 0.3) is 11.3 Å². The molecule has 1 amide bonds. The van der Waals surface area contributed by atoms with E-state index in [4.69, 9.17) is 32.9 Å². The lowest BCUT2D eigenvalue weighted by Crippen LogP contribution is -2.37. The number of carbonyl (C=O) groups is 1. The number of guanidine groups is 1. The smallest absolute Gasteiger partial charge is 0.224 e. The number of likely N-dealkylation sites (tertiary alicyclic amines) is 1. The van der Waals surface area contributed by atoms with Crippen LogP contribution < -0.4 is 10.1 Å². The van der Waals surface area contributed by atoms with Crippen LogP contribution in [0.3, 0.4) is 0 Å². The third-order valence-electron chi connectivity index (χ3n) is 7.50. The van der Waals surface area contributed by atoms with Crippen molar-refractivity contribution in [3.8, 4) is 17.1 Å². The zero-order valence-corrected chi connectivity index (χ0v) is 26.5. The number of ether oxygens (including phenoxy) is 1. The van der Waals surface area contributed by atoms with Crippen molar-refractivity contribution in [1.29, 1.82) is 0 Å². The maximum atomic E-state index is 14.4. The van der Waals surface area contributed by atoms with Crippen LogP contribution in [-0.2, 0) is 11.3 Å². The van der Waals surface area contributed by atoms with Gasteiger partial charge in [-0.3, -0.25) is 9.69 Å². The summed E-state index contributed by atoms with van der Waals surface area (Å²) in [6, 6.07) is 9.28. The Morgan fingerprint density at radius 1 is 1.12 bits per heavy atom. The summed E-state index contributed by atoms with van der Waals surface area (Å²) in [5.74, 6) is 1.73. The average molecular weight is 633 g/mol. The Labute approximate surface area is 263 Å². The second-order valence-corrected chi connectivity index (χ2v) is 12.1. The van der Waals surface area contributed by atoms with E-state index in [1.807, 2.05) is 36.2 Å². The van der Waals surface area contributed by atoms with E-state index >= 15 is 0 Å². The van der Waals surface area contributed by atoms with Crippen LogP contribution in [0.15, 0.2) is 52.3 Å². The first-order chi connectivity index (χ1) is 20.6. The van der Waals surface area contributed by atoms with Crippen LogP contribution in [0.5, 0.6) is 5.88 Å². The SMILES string of the molecule is C=N/C(=N\C=C(/C)Oc1cc(CN2CCC(CNC(C)=O)CC2)cc(-c2cc(Cl)cc(Cl)c2)n1)N1CCN(C)CC(F)C1. The molecule has 2 aromatic rings. The van der Waals surface area contributed by atoms with Gasteiger partial charge in [-0.15, -0.1) is 0 Å². The van der Waals surface area contributed by atoms with Crippen molar-refractivity contribution >= 4 is 41.8 Å². The zero-order chi connectivity index (χ0) is 30.9. The van der Waals surface area contributed by atoms with Crippen molar-refractivity contribution in [2.75, 3.05) is 52.9 Å². The number of likely N-dealkylation sites (N-methyl/N-ethyl adjacent to an activating group) is 1. The zero-order valence-electron chi connectivity index (χ0n) is 25.0. The first-order valence-electron chi connectivity index (χ1n) is 14.5. The fourth-order valence-electron chi connectivity index (χ4n) is 5.30. The Kier molecular flexibility index (Phi) is 11.9. The van der Waals surface area contributed by atoms with Gasteiger partial charge in [0.2, 0.25) is 17.7 Å². The second kappa shape index (κ2) is 15.6. The molecule has 1 unspecified atom stereocenters. The van der Waals surface area contributed by atoms with Gasteiger partial charge in [-0.1, -0.05) is 23.2 Å². The lowest BCUT2D eigenvalue weighted by molar-refractivity contribution is -0.119. The lowest BCUT2D eigenvalue weighted by atomic mass is 9.96. The van der Waals surface area contributed by atoms with Crippen molar-refractivity contribution < 1.29 is 13.9 Å². The molecule has 0 aliphatic carbocycles. The Balaban J connectivity index is 1.53. The highest BCUT2D eigenvalue weighted by Crippen LogP contribution is 2.30. The lowest BCUT2D eigenvalue weighted by Gasteiger charge is -2.32. The molecule has 2 aliphatic rings. The normalized spacial score (nSPS) is 19.7. The van der Waals surface area contributed by atoms with Gasteiger partial charge in [-0.05, 0) is 82.4 Å². The van der Waals surface area contributed by atoms with Crippen LogP contribution in [0.2, 0.25) is 10.0 Å². The van der Waals surface area contributed by atoms with Gasteiger partial charge in [0.1, 0.15) is 11.9 Å². The topological polar surface area (TPSA) is 85.7 Å². The molecule has 1 aromatic heterocycles. The molecular formula is C31H40Cl2FN7O2. The van der Waals surface area contributed by atoms with Gasteiger partial charge in [0, 0.05) is 61.3 Å². The highest BCUT2D eigenvalue weighted by atomic mass is 35.5. The number of piperidine rings is 1. The number of nitrogens with one attached hydrogen (secondary N) is 1. The number of aromatic nitrogens is 1. The second-order valence-electron chi connectivity index (χ2n) is 11.2. The van der Waals surface area contributed by atoms with Gasteiger partial charge in [0.15, 0.2) is 0 Å². The number of benzene rings is 1. The van der Waals surface area contributed by atoms with E-state index < -0.39 is 6.17 Å². The molecule has 2 fully saturated rings. The number of alkyl halides is 1. The summed E-state index contributed by atoms with van der Waals surface area (Å²) in [5.41, 5.74) is 2.50. The number of halogens is 3. The van der Waals surface area contributed by atoms with Crippen molar-refractivity contribution in [2.24, 2.45) is 15.9 Å². The summed E-state index contributed by atoms with van der Waals surface area (Å²) in [5, 5.41) is 3.97. The first kappa shape index (κ1) is 32.9. The molecule has 12 heteroatoms. The molecule has 43 heavy (non-hydrogen) atoms. The summed E-state index contributed by atoms with van der Waals surface area (Å²) in [4.78, 5) is 30.7. The molecule has 0 saturated carbocycles. The van der Waals surface area contributed by atoms with Gasteiger partial charge in [0.25, 0.3) is 0 Å². The molecule has 2 saturated heterocycles. The van der Waals surface area contributed by atoms with E-state index in [2.05, 4.69) is 26.9 Å². The van der Waals surface area contributed by atoms with Gasteiger partial charge in [0.05, 0.1) is 18.4 Å². The summed E-state index contributed by atoms with van der Waals surface area (Å²) < 4.78 is 20.5. The molecule has 0 radical (unpaired) electrons. The first-order valence-corrected chi connectivity index (χ1v) is 15.2. The van der Waals surface area contributed by atoms with E-state index in [9.17, 15) is 9.18 Å². The van der Waals surface area contributed by atoms with Crippen molar-refractivity contribution in [3.63, 3.8) is 0 Å². The molecule has 0 bridgehead atoms. The Morgan fingerprint density at radius 2 is 1.84 bits per heavy atom. The molecule has 3 heterocycles. The van der Waals surface area contributed by atoms with Crippen molar-refractivity contribution in [1.82, 2.24) is 25.0 Å². The predicted octanol–water partition coefficient (Wildman–Crippen LogP) is 5.29. The molecule has 9 nitrogen and oxygen atoms in total.